The van der Waals surface area contributed by atoms with Gasteiger partial charge in [0, 0.05) is 37.2 Å². The zero-order valence-corrected chi connectivity index (χ0v) is 20.3. The van der Waals surface area contributed by atoms with Crippen LogP contribution >= 0.6 is 39.9 Å². The van der Waals surface area contributed by atoms with E-state index in [2.05, 4.69) is 60.7 Å². The second-order valence-corrected chi connectivity index (χ2v) is 7.79. The Hall–Kier alpha value is -1.59. The van der Waals surface area contributed by atoms with Crippen LogP contribution in [0.5, 0.6) is 0 Å². The molecule has 2 aromatic rings. The summed E-state index contributed by atoms with van der Waals surface area (Å²) in [6, 6.07) is 12.2. The number of hydrogen-bond acceptors (Lipinski definition) is 4. The zero-order chi connectivity index (χ0) is 19.9. The summed E-state index contributed by atoms with van der Waals surface area (Å²) in [5.74, 6) is 0.964. The van der Waals surface area contributed by atoms with Gasteiger partial charge >= 0.3 is 0 Å². The van der Waals surface area contributed by atoms with Crippen LogP contribution in [-0.2, 0) is 13.1 Å². The number of likely N-dealkylation sites (tertiary alicyclic amines) is 1. The van der Waals surface area contributed by atoms with Crippen LogP contribution in [0.2, 0.25) is 0 Å². The van der Waals surface area contributed by atoms with Crippen LogP contribution in [0.4, 0.5) is 0 Å². The number of aliphatic imine (C=N–C) groups is 1. The third-order valence-corrected chi connectivity index (χ3v) is 5.33. The third-order valence-electron chi connectivity index (χ3n) is 4.81. The minimum absolute atomic E-state index is 0. The fourth-order valence-corrected chi connectivity index (χ4v) is 3.51. The number of nitrogens with two attached hydrogens (primary N) is 1. The summed E-state index contributed by atoms with van der Waals surface area (Å²) in [6.45, 7) is 3.51. The van der Waals surface area contributed by atoms with Gasteiger partial charge in [0.15, 0.2) is 11.7 Å². The monoisotopic (exact) mass is 575 g/mol. The Morgan fingerprint density at radius 2 is 1.93 bits per heavy atom. The summed E-state index contributed by atoms with van der Waals surface area (Å²) in [5, 5.41) is 6.69. The molecule has 0 atom stereocenters. The van der Waals surface area contributed by atoms with Crippen LogP contribution in [0, 0.1) is 0 Å². The van der Waals surface area contributed by atoms with Gasteiger partial charge in [-0.3, -0.25) is 14.7 Å². The first kappa shape index (κ1) is 23.7. The van der Waals surface area contributed by atoms with Crippen molar-refractivity contribution in [3.63, 3.8) is 0 Å². The van der Waals surface area contributed by atoms with E-state index in [0.717, 1.165) is 42.9 Å². The molecule has 0 radical (unpaired) electrons. The maximum atomic E-state index is 11.1. The summed E-state index contributed by atoms with van der Waals surface area (Å²) in [7, 11) is 1.75. The molecule has 0 saturated carbocycles. The van der Waals surface area contributed by atoms with E-state index < -0.39 is 5.91 Å². The average molecular weight is 576 g/mol. The molecule has 1 aliphatic heterocycles. The predicted molar refractivity (Wildman–Crippen MR) is 128 cm³/mol. The maximum absolute atomic E-state index is 11.1. The van der Waals surface area contributed by atoms with Crippen LogP contribution in [0.15, 0.2) is 50.3 Å². The van der Waals surface area contributed by atoms with Crippen molar-refractivity contribution >= 4 is 51.8 Å². The number of nitrogens with one attached hydrogen (secondary N) is 2. The highest BCUT2D eigenvalue weighted by Crippen LogP contribution is 2.16. The molecule has 1 aliphatic rings. The van der Waals surface area contributed by atoms with Crippen molar-refractivity contribution in [2.75, 3.05) is 20.1 Å². The summed E-state index contributed by atoms with van der Waals surface area (Å²) in [4.78, 5) is 17.8. The van der Waals surface area contributed by atoms with Gasteiger partial charge in [-0.15, -0.1) is 24.0 Å². The van der Waals surface area contributed by atoms with Gasteiger partial charge in [0.05, 0.1) is 6.54 Å². The fourth-order valence-electron chi connectivity index (χ4n) is 3.25. The minimum Gasteiger partial charge on any atom is -0.454 e. The van der Waals surface area contributed by atoms with Crippen molar-refractivity contribution in [3.8, 4) is 0 Å². The van der Waals surface area contributed by atoms with Crippen LogP contribution in [0.3, 0.4) is 0 Å². The molecule has 1 fully saturated rings. The number of furan rings is 1. The topological polar surface area (TPSA) is 95.9 Å². The second-order valence-electron chi connectivity index (χ2n) is 6.88. The zero-order valence-electron chi connectivity index (χ0n) is 16.4. The molecular formula is C20H27BrIN5O2. The molecule has 2 heterocycles. The van der Waals surface area contributed by atoms with Gasteiger partial charge in [-0.2, -0.15) is 0 Å². The number of hydrogen-bond donors (Lipinski definition) is 3. The lowest BCUT2D eigenvalue weighted by Gasteiger charge is -2.33. The SMILES string of the molecule is CN=C(NCc1ccc(C(N)=O)o1)NC1CCN(Cc2ccc(Br)cc2)CC1.I. The molecule has 0 bridgehead atoms. The summed E-state index contributed by atoms with van der Waals surface area (Å²) in [6.07, 6.45) is 2.12. The third kappa shape index (κ3) is 7.31. The van der Waals surface area contributed by atoms with Crippen LogP contribution in [-0.4, -0.2) is 42.9 Å². The second kappa shape index (κ2) is 11.6. The van der Waals surface area contributed by atoms with E-state index in [-0.39, 0.29) is 29.7 Å². The van der Waals surface area contributed by atoms with Crippen molar-refractivity contribution in [1.29, 1.82) is 0 Å². The Morgan fingerprint density at radius 3 is 2.52 bits per heavy atom. The van der Waals surface area contributed by atoms with E-state index >= 15 is 0 Å². The highest BCUT2D eigenvalue weighted by Gasteiger charge is 2.20. The number of amides is 1. The molecular weight excluding hydrogens is 549 g/mol. The number of rotatable bonds is 6. The van der Waals surface area contributed by atoms with Crippen molar-refractivity contribution in [3.05, 3.63) is 58.0 Å². The Bertz CT molecular complexity index is 817. The number of guanidine groups is 1. The maximum Gasteiger partial charge on any atom is 0.284 e. The molecule has 1 aromatic carbocycles. The highest BCUT2D eigenvalue weighted by atomic mass is 127. The molecule has 0 unspecified atom stereocenters. The van der Waals surface area contributed by atoms with Crippen LogP contribution in [0.1, 0.15) is 34.7 Å². The molecule has 1 aromatic heterocycles. The van der Waals surface area contributed by atoms with Crippen molar-refractivity contribution in [2.45, 2.75) is 32.0 Å². The number of primary amides is 1. The van der Waals surface area contributed by atoms with E-state index in [1.54, 1.807) is 19.2 Å². The first-order valence-electron chi connectivity index (χ1n) is 9.36. The van der Waals surface area contributed by atoms with Crippen molar-refractivity contribution in [1.82, 2.24) is 15.5 Å². The Labute approximate surface area is 196 Å². The van der Waals surface area contributed by atoms with Crippen molar-refractivity contribution in [2.24, 2.45) is 10.7 Å². The number of carbonyl (C=O) groups is 1. The van der Waals surface area contributed by atoms with Gasteiger partial charge in [-0.1, -0.05) is 28.1 Å². The van der Waals surface area contributed by atoms with Gasteiger partial charge in [0.1, 0.15) is 5.76 Å². The number of benzene rings is 1. The van der Waals surface area contributed by atoms with Crippen molar-refractivity contribution < 1.29 is 9.21 Å². The summed E-state index contributed by atoms with van der Waals surface area (Å²) < 4.78 is 6.49. The van der Waals surface area contributed by atoms with Crippen LogP contribution in [0.25, 0.3) is 0 Å². The lowest BCUT2D eigenvalue weighted by molar-refractivity contribution is 0.0972. The molecule has 1 saturated heterocycles. The molecule has 158 valence electrons. The molecule has 29 heavy (non-hydrogen) atoms. The molecule has 3 rings (SSSR count). The lowest BCUT2D eigenvalue weighted by Crippen LogP contribution is -2.48. The highest BCUT2D eigenvalue weighted by molar-refractivity contribution is 14.0. The Morgan fingerprint density at radius 1 is 1.24 bits per heavy atom. The largest absolute Gasteiger partial charge is 0.454 e. The van der Waals surface area contributed by atoms with Gasteiger partial charge in [-0.25, -0.2) is 0 Å². The average Bonchev–Trinajstić information content (AvgIpc) is 3.18. The lowest BCUT2D eigenvalue weighted by atomic mass is 10.0. The van der Waals surface area contributed by atoms with Gasteiger partial charge in [0.2, 0.25) is 0 Å². The molecule has 1 amide bonds. The smallest absolute Gasteiger partial charge is 0.284 e. The number of halogens is 2. The molecule has 0 aliphatic carbocycles. The molecule has 9 heteroatoms. The molecule has 0 spiro atoms. The van der Waals surface area contributed by atoms with E-state index in [1.165, 1.54) is 5.56 Å². The predicted octanol–water partition coefficient (Wildman–Crippen LogP) is 3.09. The molecule has 4 N–H and O–H groups in total. The number of nitrogens with zero attached hydrogens (tertiary/aromatic N) is 2. The van der Waals surface area contributed by atoms with E-state index in [9.17, 15) is 4.79 Å². The van der Waals surface area contributed by atoms with E-state index in [1.807, 2.05) is 0 Å². The summed E-state index contributed by atoms with van der Waals surface area (Å²) >= 11 is 3.48. The normalized spacial score (nSPS) is 15.6. The minimum atomic E-state index is -0.566. The quantitative estimate of drug-likeness (QED) is 0.279. The van der Waals surface area contributed by atoms with Gasteiger partial charge in [-0.05, 0) is 42.7 Å². The first-order chi connectivity index (χ1) is 13.5. The number of carbonyl (C=O) groups excluding carboxylic acids is 1. The fraction of sp³-hybridized carbons (Fsp3) is 0.400. The standard InChI is InChI=1S/C20H26BrN5O2.HI/c1-23-20(24-12-17-6-7-18(28-17)19(22)27)25-16-8-10-26(11-9-16)13-14-2-4-15(21)5-3-14;/h2-7,16H,8-13H2,1H3,(H2,22,27)(H2,23,24,25);1H. The molecule has 7 nitrogen and oxygen atoms in total. The Kier molecular flexibility index (Phi) is 9.44. The summed E-state index contributed by atoms with van der Waals surface area (Å²) in [5.41, 5.74) is 6.54. The number of piperidine rings is 1. The Balaban J connectivity index is 0.00000300. The van der Waals surface area contributed by atoms with Crippen LogP contribution < -0.4 is 16.4 Å². The first-order valence-corrected chi connectivity index (χ1v) is 10.2. The van der Waals surface area contributed by atoms with Gasteiger partial charge < -0.3 is 20.8 Å². The van der Waals surface area contributed by atoms with E-state index in [0.29, 0.717) is 18.3 Å². The van der Waals surface area contributed by atoms with Gasteiger partial charge in [0.25, 0.3) is 5.91 Å². The van der Waals surface area contributed by atoms with E-state index in [4.69, 9.17) is 10.2 Å².